The lowest BCUT2D eigenvalue weighted by Crippen LogP contribution is -2.26. The van der Waals surface area contributed by atoms with Crippen molar-refractivity contribution in [1.82, 2.24) is 9.78 Å². The Labute approximate surface area is 184 Å². The van der Waals surface area contributed by atoms with E-state index in [0.717, 1.165) is 29.7 Å². The van der Waals surface area contributed by atoms with Gasteiger partial charge >= 0.3 is 11.7 Å². The van der Waals surface area contributed by atoms with Gasteiger partial charge in [0.05, 0.1) is 17.6 Å². The molecular weight excluding hydrogens is 420 g/mol. The van der Waals surface area contributed by atoms with E-state index in [-0.39, 0.29) is 23.3 Å². The molecule has 0 spiro atoms. The van der Waals surface area contributed by atoms with Crippen LogP contribution in [0.5, 0.6) is 0 Å². The molecule has 0 radical (unpaired) electrons. The predicted molar refractivity (Wildman–Crippen MR) is 118 cm³/mol. The molecule has 0 aromatic carbocycles. The van der Waals surface area contributed by atoms with Gasteiger partial charge in [-0.15, -0.1) is 11.3 Å². The molecular formula is C21H28N4O5S. The second kappa shape index (κ2) is 8.41. The van der Waals surface area contributed by atoms with Crippen LogP contribution in [0.3, 0.4) is 0 Å². The number of esters is 1. The number of aromatic nitrogens is 2. The molecule has 10 heteroatoms. The number of methoxy groups -OCH3 is 1. The van der Waals surface area contributed by atoms with Crippen LogP contribution in [0, 0.1) is 35.3 Å². The van der Waals surface area contributed by atoms with Gasteiger partial charge in [-0.05, 0) is 50.0 Å². The zero-order valence-corrected chi connectivity index (χ0v) is 19.5. The van der Waals surface area contributed by atoms with Gasteiger partial charge in [-0.1, -0.05) is 20.8 Å². The summed E-state index contributed by atoms with van der Waals surface area (Å²) in [4.78, 5) is 37.0. The number of hydrogen-bond donors (Lipinski definition) is 1. The van der Waals surface area contributed by atoms with E-state index < -0.39 is 16.8 Å². The third-order valence-electron chi connectivity index (χ3n) is 5.95. The first-order valence-electron chi connectivity index (χ1n) is 10.1. The molecule has 0 saturated carbocycles. The number of amides is 1. The number of aryl methyl sites for hydroxylation is 1. The fraction of sp³-hybridized carbons (Fsp3) is 0.571. The summed E-state index contributed by atoms with van der Waals surface area (Å²) in [5, 5.41) is 18.6. The number of anilines is 1. The van der Waals surface area contributed by atoms with Crippen molar-refractivity contribution in [3.63, 3.8) is 0 Å². The van der Waals surface area contributed by atoms with E-state index in [1.165, 1.54) is 30.1 Å². The van der Waals surface area contributed by atoms with E-state index >= 15 is 0 Å². The minimum atomic E-state index is -0.500. The lowest BCUT2D eigenvalue weighted by atomic mass is 9.72. The highest BCUT2D eigenvalue weighted by Crippen LogP contribution is 2.44. The minimum Gasteiger partial charge on any atom is -0.465 e. The first-order chi connectivity index (χ1) is 14.4. The van der Waals surface area contributed by atoms with Crippen LogP contribution in [-0.2, 0) is 28.9 Å². The smallest absolute Gasteiger partial charge is 0.341 e. The van der Waals surface area contributed by atoms with Gasteiger partial charge < -0.3 is 10.1 Å². The Morgan fingerprint density at radius 3 is 2.58 bits per heavy atom. The molecule has 1 aliphatic rings. The van der Waals surface area contributed by atoms with Crippen LogP contribution in [0.2, 0.25) is 0 Å². The number of nitro groups is 1. The van der Waals surface area contributed by atoms with E-state index in [2.05, 4.69) is 31.2 Å². The number of thiophene rings is 1. The maximum atomic E-state index is 12.7. The monoisotopic (exact) mass is 448 g/mol. The Bertz CT molecular complexity index is 1050. The number of carbonyl (C=O) groups is 2. The van der Waals surface area contributed by atoms with E-state index in [0.29, 0.717) is 22.2 Å². The lowest BCUT2D eigenvalue weighted by Gasteiger charge is -2.33. The van der Waals surface area contributed by atoms with Gasteiger partial charge in [-0.3, -0.25) is 19.6 Å². The van der Waals surface area contributed by atoms with Crippen molar-refractivity contribution in [3.05, 3.63) is 37.5 Å². The standard InChI is InChI=1S/C21H28N4O5S/c1-11-18(25(28)29)12(2)24(23-11)10-16(26)22-19-17(20(27)30-6)14-8-7-13(21(3,4)5)9-15(14)31-19/h13H,7-10H2,1-6H3,(H,22,26)/t13-/m0/s1. The summed E-state index contributed by atoms with van der Waals surface area (Å²) in [6, 6.07) is 0. The third kappa shape index (κ3) is 4.48. The summed E-state index contributed by atoms with van der Waals surface area (Å²) in [7, 11) is 1.33. The van der Waals surface area contributed by atoms with Crippen LogP contribution in [-0.4, -0.2) is 33.7 Å². The Morgan fingerprint density at radius 2 is 2.03 bits per heavy atom. The van der Waals surface area contributed by atoms with Gasteiger partial charge in [0.15, 0.2) is 0 Å². The number of fused-ring (bicyclic) bond motifs is 1. The Balaban J connectivity index is 1.87. The average Bonchev–Trinajstić information content (AvgIpc) is 3.15. The van der Waals surface area contributed by atoms with Crippen molar-refractivity contribution >= 4 is 33.9 Å². The van der Waals surface area contributed by atoms with Crippen molar-refractivity contribution in [3.8, 4) is 0 Å². The minimum absolute atomic E-state index is 0.0946. The summed E-state index contributed by atoms with van der Waals surface area (Å²) < 4.78 is 6.29. The molecule has 1 atom stereocenters. The van der Waals surface area contributed by atoms with Gasteiger partial charge in [-0.25, -0.2) is 4.79 Å². The van der Waals surface area contributed by atoms with E-state index in [4.69, 9.17) is 4.74 Å². The van der Waals surface area contributed by atoms with Crippen molar-refractivity contribution in [1.29, 1.82) is 0 Å². The molecule has 0 unspecified atom stereocenters. The normalized spacial score (nSPS) is 16.0. The zero-order valence-electron chi connectivity index (χ0n) is 18.7. The molecule has 1 N–H and O–H groups in total. The van der Waals surface area contributed by atoms with E-state index in [9.17, 15) is 19.7 Å². The fourth-order valence-electron chi connectivity index (χ4n) is 4.14. The van der Waals surface area contributed by atoms with Crippen LogP contribution >= 0.6 is 11.3 Å². The number of rotatable bonds is 5. The van der Waals surface area contributed by atoms with Crippen LogP contribution in [0.15, 0.2) is 0 Å². The third-order valence-corrected chi connectivity index (χ3v) is 7.12. The fourth-order valence-corrected chi connectivity index (χ4v) is 5.47. The summed E-state index contributed by atoms with van der Waals surface area (Å²) in [5.74, 6) is -0.386. The van der Waals surface area contributed by atoms with Crippen LogP contribution in [0.1, 0.15) is 59.4 Å². The van der Waals surface area contributed by atoms with Crippen molar-refractivity contribution in [2.45, 2.75) is 60.4 Å². The number of ether oxygens (including phenoxy) is 1. The van der Waals surface area contributed by atoms with Gasteiger partial charge in [-0.2, -0.15) is 5.10 Å². The molecule has 0 aliphatic heterocycles. The van der Waals surface area contributed by atoms with Crippen molar-refractivity contribution < 1.29 is 19.2 Å². The van der Waals surface area contributed by atoms with E-state index in [1.807, 2.05) is 0 Å². The number of carbonyl (C=O) groups excluding carboxylic acids is 2. The molecule has 0 bridgehead atoms. The highest BCUT2D eigenvalue weighted by Gasteiger charge is 2.34. The summed E-state index contributed by atoms with van der Waals surface area (Å²) in [6.45, 7) is 9.55. The molecule has 2 aromatic heterocycles. The Kier molecular flexibility index (Phi) is 6.22. The zero-order chi connectivity index (χ0) is 23.1. The number of nitrogens with one attached hydrogen (secondary N) is 1. The second-order valence-electron chi connectivity index (χ2n) is 8.99. The molecule has 2 heterocycles. The highest BCUT2D eigenvalue weighted by molar-refractivity contribution is 7.17. The molecule has 9 nitrogen and oxygen atoms in total. The van der Waals surface area contributed by atoms with Crippen molar-refractivity contribution in [2.24, 2.45) is 11.3 Å². The largest absolute Gasteiger partial charge is 0.465 e. The SMILES string of the molecule is COC(=O)c1c(NC(=O)Cn2nc(C)c([N+](=O)[O-])c2C)sc2c1CC[C@H](C(C)(C)C)C2. The second-order valence-corrected chi connectivity index (χ2v) is 10.1. The molecule has 2 aromatic rings. The topological polar surface area (TPSA) is 116 Å². The van der Waals surface area contributed by atoms with Crippen LogP contribution in [0.4, 0.5) is 10.7 Å². The first-order valence-corrected chi connectivity index (χ1v) is 11.0. The molecule has 1 aliphatic carbocycles. The highest BCUT2D eigenvalue weighted by atomic mass is 32.1. The molecule has 0 saturated heterocycles. The van der Waals surface area contributed by atoms with Crippen molar-refractivity contribution in [2.75, 3.05) is 12.4 Å². The van der Waals surface area contributed by atoms with Gasteiger partial charge in [0.1, 0.15) is 22.9 Å². The molecule has 0 fully saturated rings. The molecule has 3 rings (SSSR count). The van der Waals surface area contributed by atoms with Crippen LogP contribution in [0.25, 0.3) is 0 Å². The quantitative estimate of drug-likeness (QED) is 0.419. The number of nitrogens with zero attached hydrogens (tertiary/aromatic N) is 3. The van der Waals surface area contributed by atoms with E-state index in [1.54, 1.807) is 6.92 Å². The maximum Gasteiger partial charge on any atom is 0.341 e. The molecule has 168 valence electrons. The number of hydrogen-bond acceptors (Lipinski definition) is 7. The lowest BCUT2D eigenvalue weighted by molar-refractivity contribution is -0.386. The predicted octanol–water partition coefficient (Wildman–Crippen LogP) is 4.05. The summed E-state index contributed by atoms with van der Waals surface area (Å²) in [5.41, 5.74) is 2.00. The van der Waals surface area contributed by atoms with Gasteiger partial charge in [0, 0.05) is 4.88 Å². The maximum absolute atomic E-state index is 12.7. The first kappa shape index (κ1) is 22.9. The Morgan fingerprint density at radius 1 is 1.35 bits per heavy atom. The molecule has 31 heavy (non-hydrogen) atoms. The van der Waals surface area contributed by atoms with Gasteiger partial charge in [0.2, 0.25) is 5.91 Å². The van der Waals surface area contributed by atoms with Crippen LogP contribution < -0.4 is 5.32 Å². The Hall–Kier alpha value is -2.75. The summed E-state index contributed by atoms with van der Waals surface area (Å²) >= 11 is 1.41. The van der Waals surface area contributed by atoms with Gasteiger partial charge in [0.25, 0.3) is 0 Å². The average molecular weight is 449 g/mol. The summed E-state index contributed by atoms with van der Waals surface area (Å²) in [6.07, 6.45) is 2.59. The molecule has 1 amide bonds.